The number of aliphatic hydroxyl groups is 1. The van der Waals surface area contributed by atoms with E-state index in [1.807, 2.05) is 0 Å². The van der Waals surface area contributed by atoms with E-state index in [1.54, 1.807) is 32.0 Å². The van der Waals surface area contributed by atoms with Crippen LogP contribution in [0.2, 0.25) is 0 Å². The maximum atomic E-state index is 14.2. The fraction of sp³-hybridized carbons (Fsp3) is 0.222. The van der Waals surface area contributed by atoms with E-state index in [9.17, 15) is 13.9 Å². The van der Waals surface area contributed by atoms with Crippen molar-refractivity contribution in [3.05, 3.63) is 54.4 Å². The predicted octanol–water partition coefficient (Wildman–Crippen LogP) is 3.14. The third-order valence-electron chi connectivity index (χ3n) is 3.41. The summed E-state index contributed by atoms with van der Waals surface area (Å²) < 4.78 is 27.1. The Morgan fingerprint density at radius 3 is 2.41 bits per heavy atom. The molecule has 0 aliphatic rings. The topological polar surface area (TPSA) is 95.8 Å². The minimum Gasteiger partial charge on any atom is -0.389 e. The molecule has 0 aliphatic heterocycles. The third-order valence-corrected chi connectivity index (χ3v) is 3.41. The van der Waals surface area contributed by atoms with Gasteiger partial charge in [0.15, 0.2) is 5.82 Å². The van der Waals surface area contributed by atoms with Gasteiger partial charge in [-0.05, 0) is 38.1 Å². The SMILES string of the molecule is CC(C)(O)CNc1nc(Nc2ccc(F)nc2)nc(-c2ccccc2F)n1. The molecular formula is C18H18F2N6O. The van der Waals surface area contributed by atoms with Crippen molar-refractivity contribution in [3.8, 4) is 11.4 Å². The average molecular weight is 372 g/mol. The molecule has 2 aromatic heterocycles. The van der Waals surface area contributed by atoms with Crippen LogP contribution < -0.4 is 10.6 Å². The van der Waals surface area contributed by atoms with Gasteiger partial charge in [0.1, 0.15) is 5.82 Å². The molecule has 3 aromatic rings. The smallest absolute Gasteiger partial charge is 0.232 e. The molecule has 2 heterocycles. The maximum absolute atomic E-state index is 14.2. The van der Waals surface area contributed by atoms with Crippen LogP contribution in [0.3, 0.4) is 0 Å². The van der Waals surface area contributed by atoms with Gasteiger partial charge < -0.3 is 15.7 Å². The Labute approximate surface area is 154 Å². The zero-order valence-corrected chi connectivity index (χ0v) is 14.7. The zero-order chi connectivity index (χ0) is 19.4. The number of nitrogens with zero attached hydrogens (tertiary/aromatic N) is 4. The first kappa shape index (κ1) is 18.6. The first-order chi connectivity index (χ1) is 12.8. The van der Waals surface area contributed by atoms with E-state index in [2.05, 4.69) is 30.6 Å². The quantitative estimate of drug-likeness (QED) is 0.572. The molecular weight excluding hydrogens is 354 g/mol. The van der Waals surface area contributed by atoms with Crippen molar-refractivity contribution in [2.75, 3.05) is 17.2 Å². The van der Waals surface area contributed by atoms with Crippen LogP contribution in [0, 0.1) is 11.8 Å². The number of rotatable bonds is 6. The molecule has 0 fully saturated rings. The molecule has 0 saturated carbocycles. The van der Waals surface area contributed by atoms with Crippen LogP contribution in [0.4, 0.5) is 26.4 Å². The Morgan fingerprint density at radius 2 is 1.74 bits per heavy atom. The molecule has 0 radical (unpaired) electrons. The number of halogens is 2. The molecule has 0 bridgehead atoms. The number of aromatic nitrogens is 4. The molecule has 0 saturated heterocycles. The largest absolute Gasteiger partial charge is 0.389 e. The highest BCUT2D eigenvalue weighted by molar-refractivity contribution is 5.61. The van der Waals surface area contributed by atoms with Crippen molar-refractivity contribution in [1.82, 2.24) is 19.9 Å². The summed E-state index contributed by atoms with van der Waals surface area (Å²) in [6.07, 6.45) is 1.28. The van der Waals surface area contributed by atoms with Gasteiger partial charge >= 0.3 is 0 Å². The number of pyridine rings is 1. The molecule has 0 unspecified atom stereocenters. The van der Waals surface area contributed by atoms with E-state index in [0.29, 0.717) is 5.69 Å². The molecule has 1 aromatic carbocycles. The minimum absolute atomic E-state index is 0.110. The van der Waals surface area contributed by atoms with Crippen molar-refractivity contribution >= 4 is 17.6 Å². The van der Waals surface area contributed by atoms with Gasteiger partial charge in [0, 0.05) is 6.54 Å². The molecule has 140 valence electrons. The van der Waals surface area contributed by atoms with E-state index >= 15 is 0 Å². The molecule has 3 N–H and O–H groups in total. The Hall–Kier alpha value is -3.20. The summed E-state index contributed by atoms with van der Waals surface area (Å²) in [4.78, 5) is 16.2. The fourth-order valence-corrected chi connectivity index (χ4v) is 2.15. The Morgan fingerprint density at radius 1 is 1.00 bits per heavy atom. The lowest BCUT2D eigenvalue weighted by atomic mass is 10.1. The molecule has 0 aliphatic carbocycles. The number of hydrogen-bond donors (Lipinski definition) is 3. The average Bonchev–Trinajstić information content (AvgIpc) is 2.62. The number of benzene rings is 1. The Bertz CT molecular complexity index is 928. The Kier molecular flexibility index (Phi) is 5.22. The second-order valence-corrected chi connectivity index (χ2v) is 6.45. The molecule has 27 heavy (non-hydrogen) atoms. The first-order valence-electron chi connectivity index (χ1n) is 8.16. The molecule has 0 amide bonds. The van der Waals surface area contributed by atoms with Crippen LogP contribution in [0.1, 0.15) is 13.8 Å². The summed E-state index contributed by atoms with van der Waals surface area (Å²) in [6.45, 7) is 3.43. The maximum Gasteiger partial charge on any atom is 0.232 e. The van der Waals surface area contributed by atoms with E-state index < -0.39 is 17.4 Å². The number of nitrogens with one attached hydrogen (secondary N) is 2. The van der Waals surface area contributed by atoms with Crippen LogP contribution >= 0.6 is 0 Å². The van der Waals surface area contributed by atoms with Crippen LogP contribution in [0.25, 0.3) is 11.4 Å². The normalized spacial score (nSPS) is 11.3. The van der Waals surface area contributed by atoms with Crippen molar-refractivity contribution in [1.29, 1.82) is 0 Å². The van der Waals surface area contributed by atoms with Crippen molar-refractivity contribution in [3.63, 3.8) is 0 Å². The molecule has 9 heteroatoms. The second-order valence-electron chi connectivity index (χ2n) is 6.45. The Balaban J connectivity index is 1.97. The highest BCUT2D eigenvalue weighted by atomic mass is 19.1. The summed E-state index contributed by atoms with van der Waals surface area (Å²) >= 11 is 0. The van der Waals surface area contributed by atoms with Gasteiger partial charge in [-0.25, -0.2) is 9.37 Å². The zero-order valence-electron chi connectivity index (χ0n) is 14.7. The van der Waals surface area contributed by atoms with Gasteiger partial charge in [-0.2, -0.15) is 19.3 Å². The summed E-state index contributed by atoms with van der Waals surface area (Å²) in [6, 6.07) is 8.75. The summed E-state index contributed by atoms with van der Waals surface area (Å²) in [5.74, 6) is -0.709. The summed E-state index contributed by atoms with van der Waals surface area (Å²) in [5.41, 5.74) is -0.346. The minimum atomic E-state index is -1.00. The highest BCUT2D eigenvalue weighted by Crippen LogP contribution is 2.22. The molecule has 7 nitrogen and oxygen atoms in total. The van der Waals surface area contributed by atoms with Crippen molar-refractivity contribution in [2.45, 2.75) is 19.4 Å². The van der Waals surface area contributed by atoms with E-state index in [1.165, 1.54) is 24.4 Å². The first-order valence-corrected chi connectivity index (χ1v) is 8.16. The standard InChI is InChI=1S/C18H18F2N6O/c1-18(2,27)10-22-16-24-15(12-5-3-4-6-13(12)19)25-17(26-16)23-11-7-8-14(20)21-9-11/h3-9,27H,10H2,1-2H3,(H2,22,23,24,25,26). The lowest BCUT2D eigenvalue weighted by Gasteiger charge is -2.18. The van der Waals surface area contributed by atoms with Crippen LogP contribution in [-0.4, -0.2) is 37.2 Å². The van der Waals surface area contributed by atoms with Crippen molar-refractivity contribution < 1.29 is 13.9 Å². The molecule has 3 rings (SSSR count). The summed E-state index contributed by atoms with van der Waals surface area (Å²) in [5, 5.41) is 15.7. The van der Waals surface area contributed by atoms with Gasteiger partial charge in [0.05, 0.1) is 23.0 Å². The van der Waals surface area contributed by atoms with Crippen LogP contribution in [0.15, 0.2) is 42.6 Å². The second kappa shape index (κ2) is 7.58. The molecule has 0 spiro atoms. The van der Waals surface area contributed by atoms with E-state index in [-0.39, 0.29) is 29.8 Å². The summed E-state index contributed by atoms with van der Waals surface area (Å²) in [7, 11) is 0. The van der Waals surface area contributed by atoms with Gasteiger partial charge in [-0.1, -0.05) is 12.1 Å². The monoisotopic (exact) mass is 372 g/mol. The van der Waals surface area contributed by atoms with Crippen molar-refractivity contribution in [2.24, 2.45) is 0 Å². The van der Waals surface area contributed by atoms with Gasteiger partial charge in [0.25, 0.3) is 0 Å². The lowest BCUT2D eigenvalue weighted by molar-refractivity contribution is 0.0943. The molecule has 0 atom stereocenters. The van der Waals surface area contributed by atoms with Crippen LogP contribution in [-0.2, 0) is 0 Å². The van der Waals surface area contributed by atoms with E-state index in [0.717, 1.165) is 0 Å². The van der Waals surface area contributed by atoms with Crippen LogP contribution in [0.5, 0.6) is 0 Å². The third kappa shape index (κ3) is 5.14. The number of hydrogen-bond acceptors (Lipinski definition) is 7. The fourth-order valence-electron chi connectivity index (χ4n) is 2.15. The lowest BCUT2D eigenvalue weighted by Crippen LogP contribution is -2.30. The van der Waals surface area contributed by atoms with E-state index in [4.69, 9.17) is 0 Å². The highest BCUT2D eigenvalue weighted by Gasteiger charge is 2.16. The van der Waals surface area contributed by atoms with Gasteiger partial charge in [-0.3, -0.25) is 0 Å². The predicted molar refractivity (Wildman–Crippen MR) is 97.5 cm³/mol. The van der Waals surface area contributed by atoms with Gasteiger partial charge in [0.2, 0.25) is 17.8 Å². The van der Waals surface area contributed by atoms with Gasteiger partial charge in [-0.15, -0.1) is 0 Å². The number of anilines is 3.